The molecule has 1 aromatic carbocycles. The Morgan fingerprint density at radius 2 is 1.91 bits per heavy atom. The second kappa shape index (κ2) is 7.56. The molecule has 1 heterocycles. The number of nitrogens with one attached hydrogen (secondary N) is 1. The molecule has 1 N–H and O–H groups in total. The summed E-state index contributed by atoms with van der Waals surface area (Å²) in [5, 5.41) is 7.46. The lowest BCUT2D eigenvalue weighted by Gasteiger charge is -2.21. The third kappa shape index (κ3) is 4.42. The van der Waals surface area contributed by atoms with Crippen LogP contribution in [0.4, 0.5) is 0 Å². The maximum absolute atomic E-state index is 5.19. The summed E-state index contributed by atoms with van der Waals surface area (Å²) in [6, 6.07) is 9.33. The first-order valence-electron chi connectivity index (χ1n) is 7.88. The Hall–Kier alpha value is -1.65. The first kappa shape index (κ1) is 16.7. The lowest BCUT2D eigenvalue weighted by molar-refractivity contribution is 0.266. The SMILES string of the molecule is Cc1noc(C)c1CNCc1cccc(CN(C)C(C)C)c1. The highest BCUT2D eigenvalue weighted by Gasteiger charge is 2.08. The fraction of sp³-hybridized carbons (Fsp3) is 0.500. The van der Waals surface area contributed by atoms with Gasteiger partial charge in [0.2, 0.25) is 0 Å². The van der Waals surface area contributed by atoms with Crippen LogP contribution in [0, 0.1) is 13.8 Å². The first-order chi connectivity index (χ1) is 10.5. The minimum atomic E-state index is 0.557. The molecular weight excluding hydrogens is 274 g/mol. The van der Waals surface area contributed by atoms with E-state index in [1.165, 1.54) is 11.1 Å². The number of aromatic nitrogens is 1. The first-order valence-corrected chi connectivity index (χ1v) is 7.88. The zero-order valence-electron chi connectivity index (χ0n) is 14.3. The van der Waals surface area contributed by atoms with E-state index in [4.69, 9.17) is 4.52 Å². The maximum Gasteiger partial charge on any atom is 0.138 e. The molecule has 2 rings (SSSR count). The maximum atomic E-state index is 5.19. The quantitative estimate of drug-likeness (QED) is 0.851. The van der Waals surface area contributed by atoms with Gasteiger partial charge in [-0.3, -0.25) is 4.90 Å². The molecule has 0 radical (unpaired) electrons. The van der Waals surface area contributed by atoms with E-state index in [-0.39, 0.29) is 0 Å². The average Bonchev–Trinajstić information content (AvgIpc) is 2.79. The van der Waals surface area contributed by atoms with E-state index >= 15 is 0 Å². The van der Waals surface area contributed by atoms with Gasteiger partial charge >= 0.3 is 0 Å². The van der Waals surface area contributed by atoms with Crippen LogP contribution < -0.4 is 5.32 Å². The number of rotatable bonds is 7. The summed E-state index contributed by atoms with van der Waals surface area (Å²) in [6.07, 6.45) is 0. The van der Waals surface area contributed by atoms with E-state index in [9.17, 15) is 0 Å². The van der Waals surface area contributed by atoms with Crippen LogP contribution in [0.5, 0.6) is 0 Å². The van der Waals surface area contributed by atoms with Crippen LogP contribution >= 0.6 is 0 Å². The third-order valence-corrected chi connectivity index (χ3v) is 4.12. The van der Waals surface area contributed by atoms with Gasteiger partial charge < -0.3 is 9.84 Å². The molecule has 0 aliphatic rings. The second-order valence-electron chi connectivity index (χ2n) is 6.24. The van der Waals surface area contributed by atoms with Crippen LogP contribution in [0.2, 0.25) is 0 Å². The van der Waals surface area contributed by atoms with Crippen molar-refractivity contribution >= 4 is 0 Å². The number of hydrogen-bond acceptors (Lipinski definition) is 4. The smallest absolute Gasteiger partial charge is 0.138 e. The largest absolute Gasteiger partial charge is 0.361 e. The van der Waals surface area contributed by atoms with Crippen molar-refractivity contribution in [2.75, 3.05) is 7.05 Å². The highest BCUT2D eigenvalue weighted by Crippen LogP contribution is 2.13. The molecule has 1 aromatic heterocycles. The monoisotopic (exact) mass is 301 g/mol. The Morgan fingerprint density at radius 3 is 2.55 bits per heavy atom. The van der Waals surface area contributed by atoms with Crippen LogP contribution in [-0.4, -0.2) is 23.1 Å². The summed E-state index contributed by atoms with van der Waals surface area (Å²) in [5.41, 5.74) is 4.79. The van der Waals surface area contributed by atoms with Crippen LogP contribution in [0.3, 0.4) is 0 Å². The van der Waals surface area contributed by atoms with Gasteiger partial charge in [-0.2, -0.15) is 0 Å². The molecule has 0 atom stereocenters. The molecule has 0 amide bonds. The van der Waals surface area contributed by atoms with E-state index in [2.05, 4.69) is 60.5 Å². The van der Waals surface area contributed by atoms with Crippen LogP contribution in [0.25, 0.3) is 0 Å². The van der Waals surface area contributed by atoms with Crippen molar-refractivity contribution in [1.82, 2.24) is 15.4 Å². The number of hydrogen-bond donors (Lipinski definition) is 1. The Balaban J connectivity index is 1.91. The van der Waals surface area contributed by atoms with Crippen molar-refractivity contribution in [3.8, 4) is 0 Å². The molecule has 0 fully saturated rings. The summed E-state index contributed by atoms with van der Waals surface area (Å²) in [6.45, 7) is 11.0. The molecule has 120 valence electrons. The predicted molar refractivity (Wildman–Crippen MR) is 89.6 cm³/mol. The topological polar surface area (TPSA) is 41.3 Å². The molecule has 0 aliphatic carbocycles. The molecule has 4 heteroatoms. The normalized spacial score (nSPS) is 11.6. The molecule has 2 aromatic rings. The van der Waals surface area contributed by atoms with Gasteiger partial charge in [0.1, 0.15) is 5.76 Å². The highest BCUT2D eigenvalue weighted by atomic mass is 16.5. The van der Waals surface area contributed by atoms with Crippen molar-refractivity contribution in [2.45, 2.75) is 53.4 Å². The molecule has 0 bridgehead atoms. The van der Waals surface area contributed by atoms with Crippen molar-refractivity contribution in [1.29, 1.82) is 0 Å². The van der Waals surface area contributed by atoms with Gasteiger partial charge in [0, 0.05) is 31.2 Å². The lowest BCUT2D eigenvalue weighted by atomic mass is 10.1. The minimum absolute atomic E-state index is 0.557. The van der Waals surface area contributed by atoms with E-state index in [0.29, 0.717) is 6.04 Å². The van der Waals surface area contributed by atoms with Crippen LogP contribution in [-0.2, 0) is 19.6 Å². The number of aryl methyl sites for hydroxylation is 2. The van der Waals surface area contributed by atoms with Gasteiger partial charge in [0.05, 0.1) is 5.69 Å². The lowest BCUT2D eigenvalue weighted by Crippen LogP contribution is -2.25. The van der Waals surface area contributed by atoms with E-state index in [1.54, 1.807) is 0 Å². The molecule has 0 unspecified atom stereocenters. The zero-order valence-corrected chi connectivity index (χ0v) is 14.3. The third-order valence-electron chi connectivity index (χ3n) is 4.12. The molecular formula is C18H27N3O. The number of nitrogens with zero attached hydrogens (tertiary/aromatic N) is 2. The van der Waals surface area contributed by atoms with Crippen molar-refractivity contribution in [2.24, 2.45) is 0 Å². The Labute approximate surface area is 133 Å². The van der Waals surface area contributed by atoms with Gasteiger partial charge in [0.15, 0.2) is 0 Å². The van der Waals surface area contributed by atoms with Crippen LogP contribution in [0.1, 0.15) is 42.0 Å². The van der Waals surface area contributed by atoms with E-state index in [1.807, 2.05) is 13.8 Å². The van der Waals surface area contributed by atoms with Crippen LogP contribution in [0.15, 0.2) is 28.8 Å². The standard InChI is InChI=1S/C18H27N3O/c1-13(2)21(5)12-17-8-6-7-16(9-17)10-19-11-18-14(3)20-22-15(18)4/h6-9,13,19H,10-12H2,1-5H3. The summed E-state index contributed by atoms with van der Waals surface area (Å²) in [4.78, 5) is 2.34. The molecule has 0 aliphatic heterocycles. The zero-order chi connectivity index (χ0) is 16.1. The molecule has 0 spiro atoms. The Morgan fingerprint density at radius 1 is 1.18 bits per heavy atom. The molecule has 4 nitrogen and oxygen atoms in total. The molecule has 22 heavy (non-hydrogen) atoms. The fourth-order valence-electron chi connectivity index (χ4n) is 2.39. The van der Waals surface area contributed by atoms with Crippen molar-refractivity contribution < 1.29 is 4.52 Å². The average molecular weight is 301 g/mol. The van der Waals surface area contributed by atoms with Gasteiger partial charge in [-0.05, 0) is 45.9 Å². The Bertz CT molecular complexity index is 585. The van der Waals surface area contributed by atoms with Gasteiger partial charge in [-0.1, -0.05) is 29.4 Å². The summed E-state index contributed by atoms with van der Waals surface area (Å²) in [5.74, 6) is 0.900. The highest BCUT2D eigenvalue weighted by molar-refractivity contribution is 5.24. The van der Waals surface area contributed by atoms with E-state index < -0.39 is 0 Å². The minimum Gasteiger partial charge on any atom is -0.361 e. The van der Waals surface area contributed by atoms with Gasteiger partial charge in [-0.25, -0.2) is 0 Å². The summed E-state index contributed by atoms with van der Waals surface area (Å²) in [7, 11) is 2.16. The Kier molecular flexibility index (Phi) is 5.75. The molecule has 0 saturated heterocycles. The predicted octanol–water partition coefficient (Wildman–Crippen LogP) is 3.42. The molecule has 0 saturated carbocycles. The van der Waals surface area contributed by atoms with E-state index in [0.717, 1.165) is 36.7 Å². The van der Waals surface area contributed by atoms with Crippen molar-refractivity contribution in [3.05, 3.63) is 52.4 Å². The van der Waals surface area contributed by atoms with Gasteiger partial charge in [0.25, 0.3) is 0 Å². The second-order valence-corrected chi connectivity index (χ2v) is 6.24. The van der Waals surface area contributed by atoms with Gasteiger partial charge in [-0.15, -0.1) is 0 Å². The number of benzene rings is 1. The fourth-order valence-corrected chi connectivity index (χ4v) is 2.39. The summed E-state index contributed by atoms with van der Waals surface area (Å²) >= 11 is 0. The summed E-state index contributed by atoms with van der Waals surface area (Å²) < 4.78 is 5.19. The van der Waals surface area contributed by atoms with Crippen molar-refractivity contribution in [3.63, 3.8) is 0 Å².